The lowest BCUT2D eigenvalue weighted by molar-refractivity contribution is -0.174. The van der Waals surface area contributed by atoms with Crippen molar-refractivity contribution >= 4 is 11.8 Å². The second-order valence-corrected chi connectivity index (χ2v) is 7.33. The highest BCUT2D eigenvalue weighted by Crippen LogP contribution is 2.35. The van der Waals surface area contributed by atoms with Gasteiger partial charge in [-0.3, -0.25) is 9.36 Å². The molecule has 31 heavy (non-hydrogen) atoms. The van der Waals surface area contributed by atoms with Crippen LogP contribution >= 0.6 is 0 Å². The van der Waals surface area contributed by atoms with Gasteiger partial charge in [0.1, 0.15) is 12.6 Å². The molecule has 3 heterocycles. The zero-order valence-corrected chi connectivity index (χ0v) is 16.5. The van der Waals surface area contributed by atoms with Crippen molar-refractivity contribution in [2.24, 2.45) is 0 Å². The van der Waals surface area contributed by atoms with E-state index in [9.17, 15) is 35.5 Å². The van der Waals surface area contributed by atoms with Crippen LogP contribution < -0.4 is 15.4 Å². The van der Waals surface area contributed by atoms with Crippen molar-refractivity contribution in [1.29, 1.82) is 0 Å². The summed E-state index contributed by atoms with van der Waals surface area (Å²) in [5.41, 5.74) is -1.14. The number of nitrogens with zero attached hydrogens (tertiary/aromatic N) is 4. The third-order valence-corrected chi connectivity index (χ3v) is 5.10. The number of morpholine rings is 1. The van der Waals surface area contributed by atoms with Crippen molar-refractivity contribution in [1.82, 2.24) is 9.55 Å². The summed E-state index contributed by atoms with van der Waals surface area (Å²) in [6.07, 6.45) is -9.96. The average molecular weight is 462 g/mol. The topological polar surface area (TPSA) is 59.8 Å². The Kier molecular flexibility index (Phi) is 6.69. The van der Waals surface area contributed by atoms with Gasteiger partial charge in [-0.15, -0.1) is 0 Å². The molecule has 176 valence electrons. The van der Waals surface area contributed by atoms with Crippen LogP contribution in [0, 0.1) is 5.82 Å². The van der Waals surface area contributed by atoms with E-state index >= 15 is 0 Å². The van der Waals surface area contributed by atoms with Crippen LogP contribution in [0.3, 0.4) is 0 Å². The number of alkyl halides is 6. The lowest BCUT2D eigenvalue weighted by atomic mass is 10.1. The number of anilines is 2. The smallest absolute Gasteiger partial charge is 0.377 e. The van der Waals surface area contributed by atoms with E-state index in [1.54, 1.807) is 6.92 Å². The van der Waals surface area contributed by atoms with E-state index in [1.807, 2.05) is 0 Å². The fraction of sp³-hybridized carbons (Fsp3) is 0.765. The maximum atomic E-state index is 14.8. The highest BCUT2D eigenvalue weighted by Gasteiger charge is 2.47. The molecule has 3 rings (SSSR count). The van der Waals surface area contributed by atoms with E-state index in [-0.39, 0.29) is 25.8 Å². The average Bonchev–Trinajstić information content (AvgIpc) is 2.67. The standard InChI is InChI=1S/C17H21F7N4O3/c1-10-8-30-6-4-26(10)13-12(18)14(29)28-3-2-11(17(22,23)24)27(15(28)25-13)5-7-31-9-16(19,20)21/h10-11H,2-9H2,1H3/t10-,11+/m1/s1. The molecule has 7 nitrogen and oxygen atoms in total. The summed E-state index contributed by atoms with van der Waals surface area (Å²) in [6.45, 7) is -1.09. The number of rotatable bonds is 5. The van der Waals surface area contributed by atoms with Crippen molar-refractivity contribution in [3.8, 4) is 0 Å². The molecule has 0 unspecified atom stereocenters. The van der Waals surface area contributed by atoms with Crippen LogP contribution in [-0.4, -0.2) is 73.5 Å². The van der Waals surface area contributed by atoms with Crippen LogP contribution in [0.2, 0.25) is 0 Å². The van der Waals surface area contributed by atoms with Gasteiger partial charge >= 0.3 is 12.4 Å². The SMILES string of the molecule is C[C@@H]1COCCN1c1nc2n(c(=O)c1F)CC[C@@H](C(F)(F)F)N2CCOCC(F)(F)F. The van der Waals surface area contributed by atoms with Crippen LogP contribution in [0.25, 0.3) is 0 Å². The van der Waals surface area contributed by atoms with Gasteiger partial charge in [-0.2, -0.15) is 35.7 Å². The van der Waals surface area contributed by atoms with Crippen molar-refractivity contribution < 1.29 is 40.2 Å². The van der Waals surface area contributed by atoms with Crippen LogP contribution in [-0.2, 0) is 16.0 Å². The Hall–Kier alpha value is -2.09. The molecule has 1 aromatic heterocycles. The number of hydrogen-bond donors (Lipinski definition) is 0. The fourth-order valence-corrected chi connectivity index (χ4v) is 3.66. The Labute approximate surface area is 172 Å². The number of aromatic nitrogens is 2. The summed E-state index contributed by atoms with van der Waals surface area (Å²) in [5.74, 6) is -2.06. The Morgan fingerprint density at radius 2 is 1.90 bits per heavy atom. The number of ether oxygens (including phenoxy) is 2. The molecule has 2 atom stereocenters. The summed E-state index contributed by atoms with van der Waals surface area (Å²) in [7, 11) is 0. The second-order valence-electron chi connectivity index (χ2n) is 7.33. The quantitative estimate of drug-likeness (QED) is 0.495. The minimum absolute atomic E-state index is 0.172. The summed E-state index contributed by atoms with van der Waals surface area (Å²) in [6, 6.07) is -2.49. The van der Waals surface area contributed by atoms with Crippen LogP contribution in [0.5, 0.6) is 0 Å². The Morgan fingerprint density at radius 3 is 2.52 bits per heavy atom. The third-order valence-electron chi connectivity index (χ3n) is 5.10. The van der Waals surface area contributed by atoms with E-state index in [2.05, 4.69) is 9.72 Å². The molecule has 1 saturated heterocycles. The van der Waals surface area contributed by atoms with Gasteiger partial charge < -0.3 is 19.3 Å². The van der Waals surface area contributed by atoms with Gasteiger partial charge in [0.25, 0.3) is 5.56 Å². The second kappa shape index (κ2) is 8.81. The molecule has 1 fully saturated rings. The normalized spacial score (nSPS) is 22.6. The Morgan fingerprint density at radius 1 is 1.19 bits per heavy atom. The van der Waals surface area contributed by atoms with Crippen LogP contribution in [0.1, 0.15) is 13.3 Å². The van der Waals surface area contributed by atoms with Gasteiger partial charge in [0.15, 0.2) is 5.82 Å². The number of halogens is 7. The molecule has 0 bridgehead atoms. The number of hydrogen-bond acceptors (Lipinski definition) is 6. The van der Waals surface area contributed by atoms with E-state index in [4.69, 9.17) is 4.74 Å². The highest BCUT2D eigenvalue weighted by atomic mass is 19.4. The largest absolute Gasteiger partial charge is 0.411 e. The molecule has 0 amide bonds. The predicted molar refractivity (Wildman–Crippen MR) is 94.8 cm³/mol. The molecule has 2 aliphatic heterocycles. The van der Waals surface area contributed by atoms with E-state index < -0.39 is 74.3 Å². The van der Waals surface area contributed by atoms with Gasteiger partial charge in [-0.25, -0.2) is 0 Å². The summed E-state index contributed by atoms with van der Waals surface area (Å²) >= 11 is 0. The lowest BCUT2D eigenvalue weighted by Gasteiger charge is -2.40. The van der Waals surface area contributed by atoms with E-state index in [0.29, 0.717) is 4.90 Å². The Bertz CT molecular complexity index is 843. The first-order chi connectivity index (χ1) is 14.4. The first kappa shape index (κ1) is 23.6. The van der Waals surface area contributed by atoms with Gasteiger partial charge in [0.2, 0.25) is 11.8 Å². The molecule has 14 heteroatoms. The summed E-state index contributed by atoms with van der Waals surface area (Å²) < 4.78 is 103. The fourth-order valence-electron chi connectivity index (χ4n) is 3.66. The summed E-state index contributed by atoms with van der Waals surface area (Å²) in [5, 5.41) is 0. The zero-order chi connectivity index (χ0) is 23.0. The van der Waals surface area contributed by atoms with Gasteiger partial charge in [-0.05, 0) is 13.3 Å². The van der Waals surface area contributed by atoms with E-state index in [1.165, 1.54) is 4.90 Å². The predicted octanol–water partition coefficient (Wildman–Crippen LogP) is 2.33. The Balaban J connectivity index is 1.97. The molecule has 0 aliphatic carbocycles. The number of fused-ring (bicyclic) bond motifs is 1. The van der Waals surface area contributed by atoms with Gasteiger partial charge in [0.05, 0.1) is 25.9 Å². The lowest BCUT2D eigenvalue weighted by Crippen LogP contribution is -2.54. The molecule has 2 aliphatic rings. The maximum absolute atomic E-state index is 14.8. The first-order valence-electron chi connectivity index (χ1n) is 9.52. The minimum Gasteiger partial charge on any atom is -0.377 e. The zero-order valence-electron chi connectivity index (χ0n) is 16.5. The molecular formula is C17H21F7N4O3. The minimum atomic E-state index is -4.74. The van der Waals surface area contributed by atoms with Gasteiger partial charge in [0, 0.05) is 19.6 Å². The molecule has 0 N–H and O–H groups in total. The van der Waals surface area contributed by atoms with Crippen molar-refractivity contribution in [3.63, 3.8) is 0 Å². The van der Waals surface area contributed by atoms with Crippen molar-refractivity contribution in [2.45, 2.75) is 44.3 Å². The third kappa shape index (κ3) is 5.22. The molecule has 0 saturated carbocycles. The molecule has 1 aromatic rings. The molecule has 0 spiro atoms. The molecule has 0 radical (unpaired) electrons. The highest BCUT2D eigenvalue weighted by molar-refractivity contribution is 5.48. The summed E-state index contributed by atoms with van der Waals surface area (Å²) in [4.78, 5) is 18.7. The monoisotopic (exact) mass is 462 g/mol. The van der Waals surface area contributed by atoms with Crippen molar-refractivity contribution in [2.75, 3.05) is 49.3 Å². The maximum Gasteiger partial charge on any atom is 0.411 e. The van der Waals surface area contributed by atoms with Crippen LogP contribution in [0.15, 0.2) is 4.79 Å². The van der Waals surface area contributed by atoms with Crippen LogP contribution in [0.4, 0.5) is 42.5 Å². The first-order valence-corrected chi connectivity index (χ1v) is 9.52. The van der Waals surface area contributed by atoms with Gasteiger partial charge in [-0.1, -0.05) is 0 Å². The molecule has 0 aromatic carbocycles. The molecular weight excluding hydrogens is 441 g/mol. The van der Waals surface area contributed by atoms with E-state index in [0.717, 1.165) is 4.57 Å². The van der Waals surface area contributed by atoms with Crippen molar-refractivity contribution in [3.05, 3.63) is 16.2 Å².